The average molecular weight is 265 g/mol. The second-order valence-corrected chi connectivity index (χ2v) is 5.12. The Hall–Kier alpha value is -1.04. The second kappa shape index (κ2) is 7.53. The third-order valence-corrected chi connectivity index (χ3v) is 3.35. The van der Waals surface area contributed by atoms with Crippen molar-refractivity contribution in [3.8, 4) is 0 Å². The van der Waals surface area contributed by atoms with Gasteiger partial charge in [-0.1, -0.05) is 12.8 Å². The van der Waals surface area contributed by atoms with E-state index in [0.717, 1.165) is 24.4 Å². The number of nitrogens with zero attached hydrogens (tertiary/aromatic N) is 2. The summed E-state index contributed by atoms with van der Waals surface area (Å²) in [7, 11) is 0. The number of ether oxygens (including phenoxy) is 1. The fraction of sp³-hybridized carbons (Fsp3) is 0.714. The first-order valence-electron chi connectivity index (χ1n) is 7.03. The number of aliphatic hydroxyl groups is 1. The maximum atomic E-state index is 9.82. The van der Waals surface area contributed by atoms with Gasteiger partial charge in [-0.15, -0.1) is 0 Å². The molecule has 19 heavy (non-hydrogen) atoms. The van der Waals surface area contributed by atoms with Crippen molar-refractivity contribution in [3.05, 3.63) is 23.8 Å². The first kappa shape index (κ1) is 14.4. The molecule has 1 aliphatic carbocycles. The molecule has 0 amide bonds. The molecule has 2 rings (SSSR count). The van der Waals surface area contributed by atoms with Crippen LogP contribution in [0.25, 0.3) is 0 Å². The first-order valence-corrected chi connectivity index (χ1v) is 7.03. The molecule has 1 fully saturated rings. The van der Waals surface area contributed by atoms with Crippen molar-refractivity contribution in [2.75, 3.05) is 13.2 Å². The molecule has 1 aromatic heterocycles. The van der Waals surface area contributed by atoms with Crippen molar-refractivity contribution in [2.45, 2.75) is 51.4 Å². The van der Waals surface area contributed by atoms with Crippen LogP contribution in [-0.4, -0.2) is 40.4 Å². The molecule has 1 saturated carbocycles. The standard InChI is InChI=1S/C14H23N3O2/c1-11-16-7-6-12(17-11)8-15-9-13(18)10-19-14-4-2-3-5-14/h6-7,13-15,18H,2-5,8-10H2,1H3. The van der Waals surface area contributed by atoms with Crippen LogP contribution < -0.4 is 5.32 Å². The summed E-state index contributed by atoms with van der Waals surface area (Å²) in [5.41, 5.74) is 0.941. The molecule has 5 heteroatoms. The van der Waals surface area contributed by atoms with Gasteiger partial charge in [0, 0.05) is 19.3 Å². The topological polar surface area (TPSA) is 67.3 Å². The van der Waals surface area contributed by atoms with E-state index in [1.807, 2.05) is 13.0 Å². The summed E-state index contributed by atoms with van der Waals surface area (Å²) < 4.78 is 5.67. The summed E-state index contributed by atoms with van der Waals surface area (Å²) >= 11 is 0. The smallest absolute Gasteiger partial charge is 0.125 e. The van der Waals surface area contributed by atoms with Crippen molar-refractivity contribution >= 4 is 0 Å². The lowest BCUT2D eigenvalue weighted by Gasteiger charge is -2.15. The molecule has 0 bridgehead atoms. The minimum absolute atomic E-state index is 0.360. The van der Waals surface area contributed by atoms with E-state index in [4.69, 9.17) is 4.74 Å². The summed E-state index contributed by atoms with van der Waals surface area (Å²) in [6.07, 6.45) is 6.44. The van der Waals surface area contributed by atoms with Gasteiger partial charge in [0.15, 0.2) is 0 Å². The van der Waals surface area contributed by atoms with Gasteiger partial charge in [-0.25, -0.2) is 9.97 Å². The zero-order chi connectivity index (χ0) is 13.5. The van der Waals surface area contributed by atoms with Gasteiger partial charge in [0.2, 0.25) is 0 Å². The van der Waals surface area contributed by atoms with Crippen LogP contribution in [0, 0.1) is 6.92 Å². The Morgan fingerprint density at radius 1 is 1.47 bits per heavy atom. The van der Waals surface area contributed by atoms with Crippen LogP contribution in [-0.2, 0) is 11.3 Å². The van der Waals surface area contributed by atoms with E-state index in [0.29, 0.717) is 25.8 Å². The van der Waals surface area contributed by atoms with Crippen molar-refractivity contribution in [2.24, 2.45) is 0 Å². The fourth-order valence-corrected chi connectivity index (χ4v) is 2.33. The molecule has 0 aliphatic heterocycles. The Balaban J connectivity index is 1.59. The zero-order valence-corrected chi connectivity index (χ0v) is 11.5. The minimum Gasteiger partial charge on any atom is -0.389 e. The Labute approximate surface area is 114 Å². The quantitative estimate of drug-likeness (QED) is 0.775. The molecule has 0 saturated heterocycles. The number of rotatable bonds is 7. The van der Waals surface area contributed by atoms with Gasteiger partial charge < -0.3 is 15.2 Å². The van der Waals surface area contributed by atoms with E-state index < -0.39 is 6.10 Å². The third kappa shape index (κ3) is 5.22. The molecular weight excluding hydrogens is 242 g/mol. The van der Waals surface area contributed by atoms with Crippen LogP contribution in [0.5, 0.6) is 0 Å². The Morgan fingerprint density at radius 3 is 3.00 bits per heavy atom. The van der Waals surface area contributed by atoms with Crippen molar-refractivity contribution in [1.82, 2.24) is 15.3 Å². The fourth-order valence-electron chi connectivity index (χ4n) is 2.33. The van der Waals surface area contributed by atoms with E-state index in [1.165, 1.54) is 12.8 Å². The van der Waals surface area contributed by atoms with E-state index >= 15 is 0 Å². The maximum absolute atomic E-state index is 9.82. The third-order valence-electron chi connectivity index (χ3n) is 3.35. The highest BCUT2D eigenvalue weighted by Crippen LogP contribution is 2.20. The van der Waals surface area contributed by atoms with Gasteiger partial charge in [-0.2, -0.15) is 0 Å². The molecule has 1 aliphatic rings. The maximum Gasteiger partial charge on any atom is 0.125 e. The van der Waals surface area contributed by atoms with Crippen LogP contribution in [0.3, 0.4) is 0 Å². The van der Waals surface area contributed by atoms with Gasteiger partial charge in [-0.3, -0.25) is 0 Å². The zero-order valence-electron chi connectivity index (χ0n) is 11.5. The van der Waals surface area contributed by atoms with Crippen LogP contribution in [0.15, 0.2) is 12.3 Å². The first-order chi connectivity index (χ1) is 9.24. The van der Waals surface area contributed by atoms with Gasteiger partial charge >= 0.3 is 0 Å². The number of hydrogen-bond acceptors (Lipinski definition) is 5. The molecular formula is C14H23N3O2. The molecule has 1 atom stereocenters. The van der Waals surface area contributed by atoms with Gasteiger partial charge in [0.1, 0.15) is 5.82 Å². The molecule has 1 aromatic rings. The molecule has 0 radical (unpaired) electrons. The lowest BCUT2D eigenvalue weighted by Crippen LogP contribution is -2.31. The second-order valence-electron chi connectivity index (χ2n) is 5.12. The summed E-state index contributed by atoms with van der Waals surface area (Å²) in [6.45, 7) is 3.45. The van der Waals surface area contributed by atoms with E-state index in [-0.39, 0.29) is 0 Å². The van der Waals surface area contributed by atoms with Crippen LogP contribution in [0.2, 0.25) is 0 Å². The van der Waals surface area contributed by atoms with Crippen molar-refractivity contribution < 1.29 is 9.84 Å². The van der Waals surface area contributed by atoms with Crippen molar-refractivity contribution in [1.29, 1.82) is 0 Å². The highest BCUT2D eigenvalue weighted by atomic mass is 16.5. The normalized spacial score (nSPS) is 17.8. The Kier molecular flexibility index (Phi) is 5.69. The predicted octanol–water partition coefficient (Wildman–Crippen LogP) is 1.19. The molecule has 106 valence electrons. The largest absolute Gasteiger partial charge is 0.389 e. The molecule has 1 unspecified atom stereocenters. The number of hydrogen-bond donors (Lipinski definition) is 2. The Morgan fingerprint density at radius 2 is 2.26 bits per heavy atom. The highest BCUT2D eigenvalue weighted by molar-refractivity contribution is 5.00. The summed E-state index contributed by atoms with van der Waals surface area (Å²) in [4.78, 5) is 8.34. The summed E-state index contributed by atoms with van der Waals surface area (Å²) in [5.74, 6) is 0.768. The number of aromatic nitrogens is 2. The lowest BCUT2D eigenvalue weighted by molar-refractivity contribution is -0.00552. The summed E-state index contributed by atoms with van der Waals surface area (Å²) in [6, 6.07) is 1.88. The summed E-state index contributed by atoms with van der Waals surface area (Å²) in [5, 5.41) is 13.0. The molecule has 2 N–H and O–H groups in total. The number of nitrogens with one attached hydrogen (secondary N) is 1. The van der Waals surface area contributed by atoms with Gasteiger partial charge in [0.05, 0.1) is 24.5 Å². The van der Waals surface area contributed by atoms with Crippen LogP contribution in [0.4, 0.5) is 0 Å². The van der Waals surface area contributed by atoms with Gasteiger partial charge in [-0.05, 0) is 25.8 Å². The lowest BCUT2D eigenvalue weighted by atomic mass is 10.3. The molecule has 5 nitrogen and oxygen atoms in total. The Bertz CT molecular complexity index is 381. The molecule has 0 aromatic carbocycles. The van der Waals surface area contributed by atoms with Crippen LogP contribution in [0.1, 0.15) is 37.2 Å². The van der Waals surface area contributed by atoms with Crippen LogP contribution >= 0.6 is 0 Å². The van der Waals surface area contributed by atoms with E-state index in [9.17, 15) is 5.11 Å². The monoisotopic (exact) mass is 265 g/mol. The van der Waals surface area contributed by atoms with E-state index in [2.05, 4.69) is 15.3 Å². The minimum atomic E-state index is -0.455. The highest BCUT2D eigenvalue weighted by Gasteiger charge is 2.16. The van der Waals surface area contributed by atoms with E-state index in [1.54, 1.807) is 6.20 Å². The number of aliphatic hydroxyl groups excluding tert-OH is 1. The molecule has 0 spiro atoms. The van der Waals surface area contributed by atoms with Crippen molar-refractivity contribution in [3.63, 3.8) is 0 Å². The number of aryl methyl sites for hydroxylation is 1. The molecule has 1 heterocycles. The predicted molar refractivity (Wildman–Crippen MR) is 72.7 cm³/mol. The SMILES string of the molecule is Cc1nccc(CNCC(O)COC2CCCC2)n1. The van der Waals surface area contributed by atoms with Gasteiger partial charge in [0.25, 0.3) is 0 Å². The average Bonchev–Trinajstić information content (AvgIpc) is 2.89.